The van der Waals surface area contributed by atoms with Crippen LogP contribution in [0.15, 0.2) is 0 Å². The Balaban J connectivity index is 1.84. The third-order valence-corrected chi connectivity index (χ3v) is 4.13. The van der Waals surface area contributed by atoms with Gasteiger partial charge in [0.1, 0.15) is 0 Å². The molecule has 7 heteroatoms. The molecule has 3 unspecified atom stereocenters. The van der Waals surface area contributed by atoms with Gasteiger partial charge in [-0.05, 0) is 18.8 Å². The molecule has 1 aliphatic heterocycles. The van der Waals surface area contributed by atoms with Crippen molar-refractivity contribution in [3.05, 3.63) is 0 Å². The first kappa shape index (κ1) is 12.4. The molecular weight excluding hydrogens is 244 g/mol. The molecular formula is C12H20N6O. The summed E-state index contributed by atoms with van der Waals surface area (Å²) in [5, 5.41) is 9.95. The van der Waals surface area contributed by atoms with Gasteiger partial charge in [-0.2, -0.15) is 15.0 Å². The van der Waals surface area contributed by atoms with Crippen LogP contribution >= 0.6 is 0 Å². The lowest BCUT2D eigenvalue weighted by Gasteiger charge is -2.20. The van der Waals surface area contributed by atoms with Gasteiger partial charge >= 0.3 is 0 Å². The van der Waals surface area contributed by atoms with Crippen LogP contribution in [0.2, 0.25) is 0 Å². The van der Waals surface area contributed by atoms with E-state index in [0.29, 0.717) is 23.7 Å². The molecule has 0 spiro atoms. The van der Waals surface area contributed by atoms with Gasteiger partial charge < -0.3 is 20.6 Å². The first-order valence-corrected chi connectivity index (χ1v) is 6.66. The van der Waals surface area contributed by atoms with Crippen molar-refractivity contribution in [3.63, 3.8) is 0 Å². The molecule has 2 aliphatic rings. The van der Waals surface area contributed by atoms with Gasteiger partial charge in [-0.1, -0.05) is 0 Å². The molecule has 1 saturated carbocycles. The number of aromatic nitrogens is 3. The van der Waals surface area contributed by atoms with Crippen molar-refractivity contribution in [3.8, 4) is 0 Å². The molecule has 0 bridgehead atoms. The van der Waals surface area contributed by atoms with Crippen LogP contribution in [0.25, 0.3) is 0 Å². The molecule has 1 aromatic rings. The highest BCUT2D eigenvalue weighted by Crippen LogP contribution is 2.39. The number of aliphatic hydroxyl groups is 1. The minimum Gasteiger partial charge on any atom is -0.393 e. The lowest BCUT2D eigenvalue weighted by Crippen LogP contribution is -2.27. The predicted molar refractivity (Wildman–Crippen MR) is 73.0 cm³/mol. The Morgan fingerprint density at radius 3 is 2.68 bits per heavy atom. The van der Waals surface area contributed by atoms with Crippen LogP contribution in [-0.2, 0) is 0 Å². The van der Waals surface area contributed by atoms with E-state index in [-0.39, 0.29) is 12.1 Å². The molecule has 0 radical (unpaired) electrons. The lowest BCUT2D eigenvalue weighted by molar-refractivity contribution is 0.133. The quantitative estimate of drug-likeness (QED) is 0.759. The summed E-state index contributed by atoms with van der Waals surface area (Å²) in [7, 11) is 3.75. The molecule has 2 fully saturated rings. The van der Waals surface area contributed by atoms with Crippen LogP contribution in [0.3, 0.4) is 0 Å². The number of nitrogens with two attached hydrogens (primary N) is 1. The molecule has 104 valence electrons. The van der Waals surface area contributed by atoms with E-state index in [1.807, 2.05) is 19.0 Å². The Morgan fingerprint density at radius 1 is 1.21 bits per heavy atom. The fourth-order valence-electron chi connectivity index (χ4n) is 3.11. The Bertz CT molecular complexity index is 479. The molecule has 1 aromatic heterocycles. The van der Waals surface area contributed by atoms with Gasteiger partial charge in [0.05, 0.1) is 6.10 Å². The van der Waals surface area contributed by atoms with Gasteiger partial charge in [0.25, 0.3) is 0 Å². The summed E-state index contributed by atoms with van der Waals surface area (Å²) in [5.41, 5.74) is 5.74. The minimum absolute atomic E-state index is 0.178. The van der Waals surface area contributed by atoms with Crippen LogP contribution in [-0.4, -0.2) is 53.3 Å². The highest BCUT2D eigenvalue weighted by atomic mass is 16.3. The maximum absolute atomic E-state index is 9.95. The third-order valence-electron chi connectivity index (χ3n) is 4.13. The molecule has 2 heterocycles. The second-order valence-electron chi connectivity index (χ2n) is 5.66. The fraction of sp³-hybridized carbons (Fsp3) is 0.750. The molecule has 1 saturated heterocycles. The summed E-state index contributed by atoms with van der Waals surface area (Å²) in [6.07, 6.45) is 1.83. The largest absolute Gasteiger partial charge is 0.393 e. The van der Waals surface area contributed by atoms with E-state index in [0.717, 1.165) is 25.9 Å². The van der Waals surface area contributed by atoms with Crippen LogP contribution < -0.4 is 15.5 Å². The van der Waals surface area contributed by atoms with Crippen molar-refractivity contribution in [1.82, 2.24) is 15.0 Å². The maximum Gasteiger partial charge on any atom is 0.231 e. The van der Waals surface area contributed by atoms with Crippen molar-refractivity contribution < 1.29 is 5.11 Å². The van der Waals surface area contributed by atoms with Crippen molar-refractivity contribution in [2.75, 3.05) is 42.7 Å². The average Bonchev–Trinajstić information content (AvgIpc) is 2.91. The number of rotatable bonds is 2. The smallest absolute Gasteiger partial charge is 0.231 e. The van der Waals surface area contributed by atoms with Crippen LogP contribution in [0.4, 0.5) is 17.8 Å². The molecule has 3 atom stereocenters. The molecule has 0 amide bonds. The molecule has 3 N–H and O–H groups in total. The van der Waals surface area contributed by atoms with E-state index < -0.39 is 0 Å². The summed E-state index contributed by atoms with van der Waals surface area (Å²) in [4.78, 5) is 16.7. The Morgan fingerprint density at radius 2 is 2.00 bits per heavy atom. The molecule has 19 heavy (non-hydrogen) atoms. The van der Waals surface area contributed by atoms with Crippen LogP contribution in [0, 0.1) is 11.8 Å². The van der Waals surface area contributed by atoms with E-state index >= 15 is 0 Å². The first-order chi connectivity index (χ1) is 9.04. The number of anilines is 3. The van der Waals surface area contributed by atoms with Gasteiger partial charge in [0.2, 0.25) is 17.8 Å². The van der Waals surface area contributed by atoms with Gasteiger partial charge in [-0.15, -0.1) is 0 Å². The van der Waals surface area contributed by atoms with E-state index in [2.05, 4.69) is 19.9 Å². The topological polar surface area (TPSA) is 91.4 Å². The molecule has 3 rings (SSSR count). The van der Waals surface area contributed by atoms with Crippen LogP contribution in [0.5, 0.6) is 0 Å². The standard InChI is InChI=1S/C12H20N6O/c1-17(2)11-14-10(13)15-12(16-11)18-5-7-3-4-9(19)8(7)6-18/h7-9,19H,3-6H2,1-2H3,(H2,13,14,15,16). The van der Waals surface area contributed by atoms with Gasteiger partial charge in [-0.25, -0.2) is 0 Å². The number of aliphatic hydroxyl groups excluding tert-OH is 1. The predicted octanol–water partition coefficient (Wildman–Crippen LogP) is -0.273. The zero-order valence-electron chi connectivity index (χ0n) is 11.3. The molecule has 7 nitrogen and oxygen atoms in total. The van der Waals surface area contributed by atoms with Crippen molar-refractivity contribution in [2.45, 2.75) is 18.9 Å². The number of nitrogens with zero attached hydrogens (tertiary/aromatic N) is 5. The van der Waals surface area contributed by atoms with Crippen LogP contribution in [0.1, 0.15) is 12.8 Å². The zero-order valence-corrected chi connectivity index (χ0v) is 11.3. The number of hydrogen-bond acceptors (Lipinski definition) is 7. The first-order valence-electron chi connectivity index (χ1n) is 6.66. The van der Waals surface area contributed by atoms with E-state index in [1.54, 1.807) is 0 Å². The lowest BCUT2D eigenvalue weighted by atomic mass is 10.00. The van der Waals surface area contributed by atoms with E-state index in [9.17, 15) is 5.11 Å². The number of hydrogen-bond donors (Lipinski definition) is 2. The normalized spacial score (nSPS) is 29.6. The SMILES string of the molecule is CN(C)c1nc(N)nc(N2CC3CCC(O)C3C2)n1. The minimum atomic E-state index is -0.178. The average molecular weight is 264 g/mol. The summed E-state index contributed by atoms with van der Waals surface area (Å²) >= 11 is 0. The monoisotopic (exact) mass is 264 g/mol. The highest BCUT2D eigenvalue weighted by molar-refractivity contribution is 5.43. The van der Waals surface area contributed by atoms with E-state index in [4.69, 9.17) is 5.73 Å². The summed E-state index contributed by atoms with van der Waals surface area (Å²) in [6, 6.07) is 0. The fourth-order valence-corrected chi connectivity index (χ4v) is 3.11. The van der Waals surface area contributed by atoms with Crippen molar-refractivity contribution in [1.29, 1.82) is 0 Å². The molecule has 1 aliphatic carbocycles. The zero-order chi connectivity index (χ0) is 13.6. The maximum atomic E-state index is 9.95. The van der Waals surface area contributed by atoms with Gasteiger partial charge in [0, 0.05) is 33.1 Å². The van der Waals surface area contributed by atoms with Gasteiger partial charge in [0.15, 0.2) is 0 Å². The second-order valence-corrected chi connectivity index (χ2v) is 5.66. The third kappa shape index (κ3) is 2.18. The van der Waals surface area contributed by atoms with Gasteiger partial charge in [-0.3, -0.25) is 0 Å². The summed E-state index contributed by atoms with van der Waals surface area (Å²) in [5.74, 6) is 2.33. The van der Waals surface area contributed by atoms with Crippen molar-refractivity contribution in [2.24, 2.45) is 11.8 Å². The van der Waals surface area contributed by atoms with Crippen molar-refractivity contribution >= 4 is 17.8 Å². The molecule has 0 aromatic carbocycles. The number of fused-ring (bicyclic) bond motifs is 1. The Labute approximate surface area is 112 Å². The Hall–Kier alpha value is -1.63. The second kappa shape index (κ2) is 4.48. The number of nitrogen functional groups attached to an aromatic ring is 1. The van der Waals surface area contributed by atoms with E-state index in [1.165, 1.54) is 0 Å². The Kier molecular flexibility index (Phi) is 2.93. The summed E-state index contributed by atoms with van der Waals surface area (Å²) in [6.45, 7) is 1.71. The summed E-state index contributed by atoms with van der Waals surface area (Å²) < 4.78 is 0. The highest BCUT2D eigenvalue weighted by Gasteiger charge is 2.42.